The van der Waals surface area contributed by atoms with Crippen molar-refractivity contribution in [1.82, 2.24) is 0 Å². The monoisotopic (exact) mass is 162 g/mol. The maximum Gasteiger partial charge on any atom is 0.0847 e. The van der Waals surface area contributed by atoms with Gasteiger partial charge in [0.15, 0.2) is 0 Å². The summed E-state index contributed by atoms with van der Waals surface area (Å²) in [6.45, 7) is 0. The van der Waals surface area contributed by atoms with E-state index in [0.717, 1.165) is 10.8 Å². The van der Waals surface area contributed by atoms with E-state index in [-0.39, 0.29) is 0 Å². The zero-order valence-electron chi connectivity index (χ0n) is 7.25. The molecule has 0 aromatic carbocycles. The van der Waals surface area contributed by atoms with Crippen LogP contribution in [-0.2, 0) is 4.74 Å². The van der Waals surface area contributed by atoms with Crippen LogP contribution in [0, 0.1) is 10.8 Å². The van der Waals surface area contributed by atoms with Gasteiger partial charge < -0.3 is 4.74 Å². The first kappa shape index (κ1) is 6.20. The Morgan fingerprint density at radius 3 is 2.17 bits per heavy atom. The van der Waals surface area contributed by atoms with Gasteiger partial charge in [0.2, 0.25) is 0 Å². The largest absolute Gasteiger partial charge is 0.370 e. The SMILES string of the molecule is C1=CC[C@]23C[C@H]4O[C@H]4C[C@@]2(C1)C3. The number of allylic oxidation sites excluding steroid dienone is 2. The molecular weight excluding hydrogens is 148 g/mol. The van der Waals surface area contributed by atoms with Crippen LogP contribution >= 0.6 is 0 Å². The average molecular weight is 162 g/mol. The Labute approximate surface area is 72.8 Å². The van der Waals surface area contributed by atoms with E-state index in [4.69, 9.17) is 4.74 Å². The second kappa shape index (κ2) is 1.52. The van der Waals surface area contributed by atoms with Crippen molar-refractivity contribution in [2.75, 3.05) is 0 Å². The molecular formula is C11H14O. The van der Waals surface area contributed by atoms with Crippen molar-refractivity contribution >= 4 is 0 Å². The molecule has 4 rings (SSSR count). The number of epoxide rings is 1. The molecule has 1 saturated heterocycles. The van der Waals surface area contributed by atoms with E-state index in [1.165, 1.54) is 32.1 Å². The maximum absolute atomic E-state index is 5.63. The van der Waals surface area contributed by atoms with E-state index in [1.807, 2.05) is 0 Å². The summed E-state index contributed by atoms with van der Waals surface area (Å²) < 4.78 is 5.63. The van der Waals surface area contributed by atoms with Crippen molar-refractivity contribution in [3.63, 3.8) is 0 Å². The van der Waals surface area contributed by atoms with E-state index in [9.17, 15) is 0 Å². The lowest BCUT2D eigenvalue weighted by Gasteiger charge is -2.29. The predicted molar refractivity (Wildman–Crippen MR) is 45.8 cm³/mol. The lowest BCUT2D eigenvalue weighted by molar-refractivity contribution is 0.258. The highest BCUT2D eigenvalue weighted by Crippen LogP contribution is 2.78. The van der Waals surface area contributed by atoms with E-state index in [2.05, 4.69) is 12.2 Å². The Bertz CT molecular complexity index is 257. The van der Waals surface area contributed by atoms with Gasteiger partial charge in [-0.15, -0.1) is 0 Å². The highest BCUT2D eigenvalue weighted by molar-refractivity contribution is 5.27. The highest BCUT2D eigenvalue weighted by atomic mass is 16.6. The van der Waals surface area contributed by atoms with E-state index in [0.29, 0.717) is 12.2 Å². The lowest BCUT2D eigenvalue weighted by Crippen LogP contribution is -2.25. The standard InChI is InChI=1S/C11H14O/c1-2-4-11-6-9-8(12-9)5-10(11,3-1)7-11/h1-2,8-9H,3-7H2/t8-,9+,10-,11+. The molecule has 4 aliphatic rings. The average Bonchev–Trinajstić information content (AvgIpc) is 2.87. The van der Waals surface area contributed by atoms with Crippen LogP contribution in [0.3, 0.4) is 0 Å². The van der Waals surface area contributed by atoms with Crippen molar-refractivity contribution in [2.45, 2.75) is 44.3 Å². The fourth-order valence-corrected chi connectivity index (χ4v) is 3.85. The van der Waals surface area contributed by atoms with Gasteiger partial charge in [-0.05, 0) is 42.9 Å². The minimum Gasteiger partial charge on any atom is -0.370 e. The summed E-state index contributed by atoms with van der Waals surface area (Å²) in [6.07, 6.45) is 13.1. The smallest absolute Gasteiger partial charge is 0.0847 e. The molecule has 0 bridgehead atoms. The maximum atomic E-state index is 5.63. The third-order valence-corrected chi connectivity index (χ3v) is 4.73. The van der Waals surface area contributed by atoms with E-state index >= 15 is 0 Å². The number of fused-ring (bicyclic) bond motifs is 1. The molecule has 1 heteroatoms. The van der Waals surface area contributed by atoms with Crippen molar-refractivity contribution in [1.29, 1.82) is 0 Å². The van der Waals surface area contributed by atoms with E-state index in [1.54, 1.807) is 0 Å². The molecule has 64 valence electrons. The van der Waals surface area contributed by atoms with Crippen LogP contribution < -0.4 is 0 Å². The van der Waals surface area contributed by atoms with Crippen LogP contribution in [0.15, 0.2) is 12.2 Å². The number of ether oxygens (including phenoxy) is 1. The zero-order chi connectivity index (χ0) is 7.81. The van der Waals surface area contributed by atoms with Gasteiger partial charge in [0.25, 0.3) is 0 Å². The predicted octanol–water partition coefficient (Wildman–Crippen LogP) is 2.27. The lowest BCUT2D eigenvalue weighted by atomic mass is 9.73. The summed E-state index contributed by atoms with van der Waals surface area (Å²) in [4.78, 5) is 0. The molecule has 0 N–H and O–H groups in total. The van der Waals surface area contributed by atoms with Crippen molar-refractivity contribution in [2.24, 2.45) is 10.8 Å². The molecule has 0 aromatic rings. The minimum atomic E-state index is 0.673. The molecule has 3 aliphatic carbocycles. The number of hydrogen-bond acceptors (Lipinski definition) is 1. The Hall–Kier alpha value is -0.300. The van der Waals surface area contributed by atoms with Gasteiger partial charge in [-0.1, -0.05) is 12.2 Å². The third kappa shape index (κ3) is 0.517. The molecule has 1 nitrogen and oxygen atoms in total. The van der Waals surface area contributed by atoms with Gasteiger partial charge in [-0.25, -0.2) is 0 Å². The Morgan fingerprint density at radius 1 is 1.00 bits per heavy atom. The Morgan fingerprint density at radius 2 is 1.58 bits per heavy atom. The van der Waals surface area contributed by atoms with Gasteiger partial charge in [-0.2, -0.15) is 0 Å². The van der Waals surface area contributed by atoms with Gasteiger partial charge in [0.1, 0.15) is 0 Å². The molecule has 1 heterocycles. The summed E-state index contributed by atoms with van der Waals surface area (Å²) >= 11 is 0. The van der Waals surface area contributed by atoms with Crippen LogP contribution in [0.1, 0.15) is 32.1 Å². The van der Waals surface area contributed by atoms with Crippen molar-refractivity contribution in [3.8, 4) is 0 Å². The van der Waals surface area contributed by atoms with Crippen LogP contribution in [0.25, 0.3) is 0 Å². The van der Waals surface area contributed by atoms with Gasteiger partial charge >= 0.3 is 0 Å². The summed E-state index contributed by atoms with van der Waals surface area (Å²) in [5, 5.41) is 0. The minimum absolute atomic E-state index is 0.673. The fourth-order valence-electron chi connectivity index (χ4n) is 3.85. The Balaban J connectivity index is 1.77. The fraction of sp³-hybridized carbons (Fsp3) is 0.818. The van der Waals surface area contributed by atoms with Crippen LogP contribution in [0.5, 0.6) is 0 Å². The molecule has 0 unspecified atom stereocenters. The zero-order valence-corrected chi connectivity index (χ0v) is 7.25. The normalized spacial score (nSPS) is 64.7. The Kier molecular flexibility index (Phi) is 0.787. The van der Waals surface area contributed by atoms with Gasteiger partial charge in [0.05, 0.1) is 12.2 Å². The number of rotatable bonds is 0. The summed E-state index contributed by atoms with van der Waals surface area (Å²) in [6, 6.07) is 0. The van der Waals surface area contributed by atoms with Crippen LogP contribution in [-0.4, -0.2) is 12.2 Å². The summed E-state index contributed by atoms with van der Waals surface area (Å²) in [5.74, 6) is 0. The summed E-state index contributed by atoms with van der Waals surface area (Å²) in [7, 11) is 0. The van der Waals surface area contributed by atoms with Gasteiger partial charge in [-0.3, -0.25) is 0 Å². The number of hydrogen-bond donors (Lipinski definition) is 0. The topological polar surface area (TPSA) is 12.5 Å². The first-order chi connectivity index (χ1) is 5.84. The first-order valence-electron chi connectivity index (χ1n) is 5.14. The summed E-state index contributed by atoms with van der Waals surface area (Å²) in [5.41, 5.74) is 1.44. The molecule has 2 saturated carbocycles. The van der Waals surface area contributed by atoms with Gasteiger partial charge in [0, 0.05) is 0 Å². The van der Waals surface area contributed by atoms with E-state index < -0.39 is 0 Å². The third-order valence-electron chi connectivity index (χ3n) is 4.73. The van der Waals surface area contributed by atoms with Crippen LogP contribution in [0.2, 0.25) is 0 Å². The molecule has 0 amide bonds. The molecule has 4 atom stereocenters. The molecule has 0 aromatic heterocycles. The molecule has 1 aliphatic heterocycles. The molecule has 3 fully saturated rings. The van der Waals surface area contributed by atoms with Crippen molar-refractivity contribution in [3.05, 3.63) is 12.2 Å². The molecule has 12 heavy (non-hydrogen) atoms. The molecule has 0 radical (unpaired) electrons. The highest BCUT2D eigenvalue weighted by Gasteiger charge is 2.73. The second-order valence-electron chi connectivity index (χ2n) is 5.24. The van der Waals surface area contributed by atoms with Crippen molar-refractivity contribution < 1.29 is 4.74 Å². The quantitative estimate of drug-likeness (QED) is 0.393. The van der Waals surface area contributed by atoms with Crippen LogP contribution in [0.4, 0.5) is 0 Å². The first-order valence-corrected chi connectivity index (χ1v) is 5.14. The molecule has 0 spiro atoms. The second-order valence-corrected chi connectivity index (χ2v) is 5.24.